The second kappa shape index (κ2) is 5.56. The highest BCUT2D eigenvalue weighted by molar-refractivity contribution is 5.28. The monoisotopic (exact) mass is 265 g/mol. The van der Waals surface area contributed by atoms with Crippen LogP contribution >= 0.6 is 0 Å². The number of rotatable bonds is 4. The van der Waals surface area contributed by atoms with E-state index in [1.807, 2.05) is 0 Å². The number of alkyl halides is 3. The van der Waals surface area contributed by atoms with E-state index in [1.54, 1.807) is 13.8 Å². The highest BCUT2D eigenvalue weighted by Crippen LogP contribution is 2.21. The molecule has 0 amide bonds. The van der Waals surface area contributed by atoms with Crippen molar-refractivity contribution in [1.82, 2.24) is 4.90 Å². The van der Waals surface area contributed by atoms with Gasteiger partial charge in [-0.25, -0.2) is 4.39 Å². The van der Waals surface area contributed by atoms with Crippen LogP contribution in [0, 0.1) is 5.82 Å². The van der Waals surface area contributed by atoms with Crippen molar-refractivity contribution in [2.45, 2.75) is 32.6 Å². The molecule has 0 aliphatic carbocycles. The highest BCUT2D eigenvalue weighted by Gasteiger charge is 2.31. The maximum Gasteiger partial charge on any atom is 0.401 e. The summed E-state index contributed by atoms with van der Waals surface area (Å²) >= 11 is 0. The van der Waals surface area contributed by atoms with Crippen molar-refractivity contribution in [1.29, 1.82) is 0 Å². The Morgan fingerprint density at radius 2 is 1.83 bits per heavy atom. The maximum absolute atomic E-state index is 13.0. The Morgan fingerprint density at radius 1 is 1.22 bits per heavy atom. The number of hydrogen-bond acceptors (Lipinski definition) is 2. The molecule has 2 nitrogen and oxygen atoms in total. The molecular formula is C12H15F4NO. The van der Waals surface area contributed by atoms with Crippen LogP contribution in [0.25, 0.3) is 0 Å². The predicted molar refractivity (Wildman–Crippen MR) is 59.7 cm³/mol. The molecule has 0 unspecified atom stereocenters. The van der Waals surface area contributed by atoms with Gasteiger partial charge in [-0.2, -0.15) is 13.2 Å². The van der Waals surface area contributed by atoms with Crippen LogP contribution < -0.4 is 0 Å². The average molecular weight is 265 g/mol. The van der Waals surface area contributed by atoms with Gasteiger partial charge in [0.05, 0.1) is 6.54 Å². The van der Waals surface area contributed by atoms with Crippen LogP contribution in [0.2, 0.25) is 0 Å². The van der Waals surface area contributed by atoms with Crippen molar-refractivity contribution in [3.63, 3.8) is 0 Å². The number of hydrogen-bond donors (Lipinski definition) is 1. The second-order valence-electron chi connectivity index (χ2n) is 4.43. The van der Waals surface area contributed by atoms with Gasteiger partial charge in [-0.1, -0.05) is 0 Å². The van der Waals surface area contributed by atoms with E-state index in [0.717, 1.165) is 17.0 Å². The fourth-order valence-electron chi connectivity index (χ4n) is 1.61. The summed E-state index contributed by atoms with van der Waals surface area (Å²) in [5, 5.41) is 9.20. The lowest BCUT2D eigenvalue weighted by Gasteiger charge is -2.27. The molecule has 6 heteroatoms. The van der Waals surface area contributed by atoms with Crippen LogP contribution in [0.15, 0.2) is 18.2 Å². The van der Waals surface area contributed by atoms with Crippen molar-refractivity contribution in [2.75, 3.05) is 6.54 Å². The van der Waals surface area contributed by atoms with Gasteiger partial charge in [-0.3, -0.25) is 4.90 Å². The molecular weight excluding hydrogens is 250 g/mol. The SMILES string of the molecule is CC(C)N(Cc1cc(O)cc(F)c1)CC(F)(F)F. The van der Waals surface area contributed by atoms with E-state index in [9.17, 15) is 22.7 Å². The first kappa shape index (κ1) is 14.8. The molecule has 1 aromatic carbocycles. The number of benzene rings is 1. The minimum Gasteiger partial charge on any atom is -0.508 e. The predicted octanol–water partition coefficient (Wildman–Crippen LogP) is 3.30. The molecule has 1 rings (SSSR count). The Labute approximate surface area is 103 Å². The van der Waals surface area contributed by atoms with Crippen molar-refractivity contribution >= 4 is 0 Å². The summed E-state index contributed by atoms with van der Waals surface area (Å²) in [5.74, 6) is -0.957. The standard InChI is InChI=1S/C12H15F4NO/c1-8(2)17(7-12(14,15)16)6-9-3-10(13)5-11(18)4-9/h3-5,8,18H,6-7H2,1-2H3. The van der Waals surface area contributed by atoms with E-state index in [-0.39, 0.29) is 18.3 Å². The van der Waals surface area contributed by atoms with Gasteiger partial charge in [-0.15, -0.1) is 0 Å². The maximum atomic E-state index is 13.0. The lowest BCUT2D eigenvalue weighted by atomic mass is 10.1. The van der Waals surface area contributed by atoms with E-state index < -0.39 is 18.5 Å². The zero-order chi connectivity index (χ0) is 13.9. The second-order valence-corrected chi connectivity index (χ2v) is 4.43. The van der Waals surface area contributed by atoms with Gasteiger partial charge in [0.15, 0.2) is 0 Å². The molecule has 1 N–H and O–H groups in total. The van der Waals surface area contributed by atoms with Gasteiger partial charge >= 0.3 is 6.18 Å². The Bertz CT molecular complexity index is 383. The molecule has 0 aliphatic heterocycles. The molecule has 0 radical (unpaired) electrons. The quantitative estimate of drug-likeness (QED) is 0.844. The fourth-order valence-corrected chi connectivity index (χ4v) is 1.61. The van der Waals surface area contributed by atoms with Gasteiger partial charge < -0.3 is 5.11 Å². The zero-order valence-electron chi connectivity index (χ0n) is 10.1. The summed E-state index contributed by atoms with van der Waals surface area (Å²) in [6, 6.07) is 2.95. The molecule has 0 aliphatic rings. The van der Waals surface area contributed by atoms with Crippen molar-refractivity contribution < 1.29 is 22.7 Å². The Balaban J connectivity index is 2.83. The summed E-state index contributed by atoms with van der Waals surface area (Å²) < 4.78 is 50.1. The van der Waals surface area contributed by atoms with Crippen LogP contribution in [0.1, 0.15) is 19.4 Å². The number of aromatic hydroxyl groups is 1. The Morgan fingerprint density at radius 3 is 2.28 bits per heavy atom. The highest BCUT2D eigenvalue weighted by atomic mass is 19.4. The summed E-state index contributed by atoms with van der Waals surface area (Å²) in [5.41, 5.74) is 0.311. The molecule has 0 aromatic heterocycles. The molecule has 0 saturated carbocycles. The van der Waals surface area contributed by atoms with E-state index in [2.05, 4.69) is 0 Å². The molecule has 102 valence electrons. The van der Waals surface area contributed by atoms with Crippen LogP contribution in [0.3, 0.4) is 0 Å². The summed E-state index contributed by atoms with van der Waals surface area (Å²) in [6.45, 7) is 2.13. The van der Waals surface area contributed by atoms with E-state index >= 15 is 0 Å². The minimum atomic E-state index is -4.31. The van der Waals surface area contributed by atoms with Gasteiger partial charge in [0.25, 0.3) is 0 Å². The molecule has 0 atom stereocenters. The first-order valence-corrected chi connectivity index (χ1v) is 5.46. The third-order valence-electron chi connectivity index (χ3n) is 2.44. The lowest BCUT2D eigenvalue weighted by molar-refractivity contribution is -0.150. The topological polar surface area (TPSA) is 23.5 Å². The minimum absolute atomic E-state index is 0.0670. The van der Waals surface area contributed by atoms with E-state index in [1.165, 1.54) is 6.07 Å². The Kier molecular flexibility index (Phi) is 4.56. The molecule has 0 heterocycles. The molecule has 0 spiro atoms. The van der Waals surface area contributed by atoms with Gasteiger partial charge in [0.1, 0.15) is 11.6 Å². The summed E-state index contributed by atoms with van der Waals surface area (Å²) in [4.78, 5) is 1.16. The summed E-state index contributed by atoms with van der Waals surface area (Å²) in [6.07, 6.45) is -4.31. The van der Waals surface area contributed by atoms with E-state index in [0.29, 0.717) is 5.56 Å². The van der Waals surface area contributed by atoms with Crippen molar-refractivity contribution in [3.8, 4) is 5.75 Å². The molecule has 1 aromatic rings. The van der Waals surface area contributed by atoms with E-state index in [4.69, 9.17) is 0 Å². The fraction of sp³-hybridized carbons (Fsp3) is 0.500. The van der Waals surface area contributed by atoms with Crippen molar-refractivity contribution in [3.05, 3.63) is 29.6 Å². The molecule has 0 bridgehead atoms. The van der Waals surface area contributed by atoms with Gasteiger partial charge in [0.2, 0.25) is 0 Å². The Hall–Kier alpha value is -1.30. The van der Waals surface area contributed by atoms with Crippen LogP contribution in [-0.4, -0.2) is 28.8 Å². The van der Waals surface area contributed by atoms with Gasteiger partial charge in [0, 0.05) is 18.7 Å². The zero-order valence-corrected chi connectivity index (χ0v) is 10.1. The third-order valence-corrected chi connectivity index (χ3v) is 2.44. The largest absolute Gasteiger partial charge is 0.508 e. The normalized spacial score (nSPS) is 12.4. The number of nitrogens with zero attached hydrogens (tertiary/aromatic N) is 1. The number of phenols is 1. The van der Waals surface area contributed by atoms with Crippen molar-refractivity contribution in [2.24, 2.45) is 0 Å². The van der Waals surface area contributed by atoms with Gasteiger partial charge in [-0.05, 0) is 31.5 Å². The lowest BCUT2D eigenvalue weighted by Crippen LogP contribution is -2.38. The first-order valence-electron chi connectivity index (χ1n) is 5.46. The average Bonchev–Trinajstić information content (AvgIpc) is 2.12. The third kappa shape index (κ3) is 4.91. The molecule has 0 fully saturated rings. The van der Waals surface area contributed by atoms with Crippen LogP contribution in [-0.2, 0) is 6.54 Å². The van der Waals surface area contributed by atoms with Crippen LogP contribution in [0.5, 0.6) is 5.75 Å². The smallest absolute Gasteiger partial charge is 0.401 e. The molecule has 0 saturated heterocycles. The first-order chi connectivity index (χ1) is 8.17. The molecule has 18 heavy (non-hydrogen) atoms. The number of halogens is 4. The van der Waals surface area contributed by atoms with Crippen LogP contribution in [0.4, 0.5) is 17.6 Å². The number of phenolic OH excluding ortho intramolecular Hbond substituents is 1. The summed E-state index contributed by atoms with van der Waals surface area (Å²) in [7, 11) is 0.